The minimum Gasteiger partial charge on any atom is -0.334 e. The van der Waals surface area contributed by atoms with Crippen molar-refractivity contribution in [2.75, 3.05) is 5.32 Å². The Labute approximate surface area is 151 Å². The van der Waals surface area contributed by atoms with Crippen molar-refractivity contribution < 1.29 is 4.79 Å². The lowest BCUT2D eigenvalue weighted by Gasteiger charge is -2.20. The number of amides is 2. The van der Waals surface area contributed by atoms with Gasteiger partial charge in [0.05, 0.1) is 0 Å². The van der Waals surface area contributed by atoms with Crippen LogP contribution in [0.2, 0.25) is 0 Å². The van der Waals surface area contributed by atoms with E-state index in [2.05, 4.69) is 88.6 Å². The molecule has 2 amide bonds. The van der Waals surface area contributed by atoms with Gasteiger partial charge >= 0.3 is 6.03 Å². The van der Waals surface area contributed by atoms with Crippen LogP contribution in [0.3, 0.4) is 0 Å². The summed E-state index contributed by atoms with van der Waals surface area (Å²) in [5, 5.41) is 6.08. The number of hydrogen-bond acceptors (Lipinski definition) is 1. The zero-order chi connectivity index (χ0) is 18.6. The van der Waals surface area contributed by atoms with Gasteiger partial charge in [-0.3, -0.25) is 0 Å². The van der Waals surface area contributed by atoms with Crippen LogP contribution in [0.5, 0.6) is 0 Å². The zero-order valence-electron chi connectivity index (χ0n) is 16.2. The summed E-state index contributed by atoms with van der Waals surface area (Å²) in [6.45, 7) is 13.3. The first kappa shape index (κ1) is 19.0. The number of carbonyl (C=O) groups is 1. The maximum atomic E-state index is 12.5. The molecule has 25 heavy (non-hydrogen) atoms. The molecule has 0 saturated carbocycles. The van der Waals surface area contributed by atoms with E-state index in [0.29, 0.717) is 18.4 Å². The van der Waals surface area contributed by atoms with E-state index in [1.807, 2.05) is 0 Å². The van der Waals surface area contributed by atoms with E-state index in [4.69, 9.17) is 0 Å². The summed E-state index contributed by atoms with van der Waals surface area (Å²) in [6, 6.07) is 12.4. The summed E-state index contributed by atoms with van der Waals surface area (Å²) in [6.07, 6.45) is 0. The Morgan fingerprint density at radius 1 is 0.920 bits per heavy atom. The molecular formula is C22H30N2O. The van der Waals surface area contributed by atoms with Crippen molar-refractivity contribution in [3.63, 3.8) is 0 Å². The molecule has 0 aromatic heterocycles. The van der Waals surface area contributed by atoms with Crippen molar-refractivity contribution in [3.05, 3.63) is 64.2 Å². The highest BCUT2D eigenvalue weighted by Crippen LogP contribution is 2.32. The van der Waals surface area contributed by atoms with E-state index in [1.54, 1.807) is 0 Å². The van der Waals surface area contributed by atoms with Gasteiger partial charge in [-0.25, -0.2) is 4.79 Å². The van der Waals surface area contributed by atoms with Crippen molar-refractivity contribution in [2.24, 2.45) is 0 Å². The molecule has 134 valence electrons. The van der Waals surface area contributed by atoms with Crippen LogP contribution in [-0.4, -0.2) is 6.03 Å². The molecule has 0 aliphatic rings. The first-order chi connectivity index (χ1) is 11.8. The number of aryl methyl sites for hydroxylation is 2. The molecule has 0 fully saturated rings. The third kappa shape index (κ3) is 5.09. The standard InChI is InChI=1S/C22H30N2O/c1-14(2)19-8-7-9-20(15(3)4)21(19)24-22(25)23-13-18-11-16(5)10-17(6)12-18/h7-12,14-15H,13H2,1-6H3,(H2,23,24,25). The number of para-hydroxylation sites is 1. The van der Waals surface area contributed by atoms with Crippen LogP contribution >= 0.6 is 0 Å². The molecule has 0 atom stereocenters. The highest BCUT2D eigenvalue weighted by atomic mass is 16.2. The lowest BCUT2D eigenvalue weighted by atomic mass is 9.93. The van der Waals surface area contributed by atoms with E-state index in [1.165, 1.54) is 22.3 Å². The van der Waals surface area contributed by atoms with Gasteiger partial charge in [-0.2, -0.15) is 0 Å². The predicted octanol–water partition coefficient (Wildman–Crippen LogP) is 5.87. The quantitative estimate of drug-likeness (QED) is 0.703. The molecule has 2 aromatic carbocycles. The number of hydrogen-bond donors (Lipinski definition) is 2. The number of anilines is 1. The van der Waals surface area contributed by atoms with Crippen molar-refractivity contribution in [1.82, 2.24) is 5.32 Å². The van der Waals surface area contributed by atoms with Crippen LogP contribution in [0.25, 0.3) is 0 Å². The van der Waals surface area contributed by atoms with Crippen LogP contribution in [0.1, 0.15) is 67.3 Å². The second kappa shape index (κ2) is 8.19. The average Bonchev–Trinajstić information content (AvgIpc) is 2.51. The van der Waals surface area contributed by atoms with Gasteiger partial charge in [-0.05, 0) is 42.4 Å². The highest BCUT2D eigenvalue weighted by molar-refractivity contribution is 5.91. The molecule has 0 unspecified atom stereocenters. The SMILES string of the molecule is Cc1cc(C)cc(CNC(=O)Nc2c(C(C)C)cccc2C(C)C)c1. The fraction of sp³-hybridized carbons (Fsp3) is 0.409. The normalized spacial score (nSPS) is 11.0. The number of benzene rings is 2. The molecule has 0 aliphatic heterocycles. The van der Waals surface area contributed by atoms with Gasteiger partial charge in [0.15, 0.2) is 0 Å². The van der Waals surface area contributed by atoms with Crippen LogP contribution in [0.15, 0.2) is 36.4 Å². The minimum absolute atomic E-state index is 0.158. The number of rotatable bonds is 5. The maximum Gasteiger partial charge on any atom is 0.319 e. The molecule has 2 aromatic rings. The molecule has 0 aliphatic carbocycles. The fourth-order valence-corrected chi connectivity index (χ4v) is 3.21. The third-order valence-electron chi connectivity index (χ3n) is 4.35. The van der Waals surface area contributed by atoms with Crippen LogP contribution in [-0.2, 0) is 6.54 Å². The summed E-state index contributed by atoms with van der Waals surface area (Å²) in [4.78, 5) is 12.5. The number of urea groups is 1. The van der Waals surface area contributed by atoms with Crippen molar-refractivity contribution in [3.8, 4) is 0 Å². The zero-order valence-corrected chi connectivity index (χ0v) is 16.2. The van der Waals surface area contributed by atoms with Gasteiger partial charge in [0.25, 0.3) is 0 Å². The molecule has 3 nitrogen and oxygen atoms in total. The lowest BCUT2D eigenvalue weighted by molar-refractivity contribution is 0.251. The van der Waals surface area contributed by atoms with Crippen molar-refractivity contribution in [2.45, 2.75) is 59.9 Å². The molecule has 0 bridgehead atoms. The Bertz CT molecular complexity index is 701. The van der Waals surface area contributed by atoms with E-state index >= 15 is 0 Å². The summed E-state index contributed by atoms with van der Waals surface area (Å²) in [5.41, 5.74) is 6.84. The Balaban J connectivity index is 2.14. The smallest absolute Gasteiger partial charge is 0.319 e. The van der Waals surface area contributed by atoms with Crippen LogP contribution in [0.4, 0.5) is 10.5 Å². The van der Waals surface area contributed by atoms with Crippen molar-refractivity contribution >= 4 is 11.7 Å². The molecule has 2 rings (SSSR count). The van der Waals surface area contributed by atoms with Crippen LogP contribution < -0.4 is 10.6 Å². The van der Waals surface area contributed by atoms with Gasteiger partial charge in [-0.1, -0.05) is 75.2 Å². The summed E-state index contributed by atoms with van der Waals surface area (Å²) < 4.78 is 0. The summed E-state index contributed by atoms with van der Waals surface area (Å²) >= 11 is 0. The minimum atomic E-state index is -0.158. The van der Waals surface area contributed by atoms with Gasteiger partial charge in [0, 0.05) is 12.2 Å². The monoisotopic (exact) mass is 338 g/mol. The Kier molecular flexibility index (Phi) is 6.24. The van der Waals surface area contributed by atoms with E-state index in [-0.39, 0.29) is 6.03 Å². The first-order valence-corrected chi connectivity index (χ1v) is 9.02. The van der Waals surface area contributed by atoms with Gasteiger partial charge in [0.1, 0.15) is 0 Å². The number of nitrogens with one attached hydrogen (secondary N) is 2. The molecule has 0 radical (unpaired) electrons. The van der Waals surface area contributed by atoms with Gasteiger partial charge < -0.3 is 10.6 Å². The third-order valence-corrected chi connectivity index (χ3v) is 4.35. The molecule has 0 saturated heterocycles. The second-order valence-corrected chi connectivity index (χ2v) is 7.42. The van der Waals surface area contributed by atoms with Crippen LogP contribution in [0, 0.1) is 13.8 Å². The lowest BCUT2D eigenvalue weighted by Crippen LogP contribution is -2.29. The largest absolute Gasteiger partial charge is 0.334 e. The molecular weight excluding hydrogens is 308 g/mol. The Morgan fingerprint density at radius 3 is 1.92 bits per heavy atom. The second-order valence-electron chi connectivity index (χ2n) is 7.42. The Hall–Kier alpha value is -2.29. The molecule has 3 heteroatoms. The molecule has 0 spiro atoms. The molecule has 2 N–H and O–H groups in total. The number of carbonyl (C=O) groups excluding carboxylic acids is 1. The summed E-state index contributed by atoms with van der Waals surface area (Å²) in [7, 11) is 0. The maximum absolute atomic E-state index is 12.5. The predicted molar refractivity (Wildman–Crippen MR) is 106 cm³/mol. The van der Waals surface area contributed by atoms with Crippen molar-refractivity contribution in [1.29, 1.82) is 0 Å². The fourth-order valence-electron chi connectivity index (χ4n) is 3.21. The van der Waals surface area contributed by atoms with E-state index in [0.717, 1.165) is 11.3 Å². The molecule has 0 heterocycles. The highest BCUT2D eigenvalue weighted by Gasteiger charge is 2.15. The Morgan fingerprint density at radius 2 is 1.44 bits per heavy atom. The van der Waals surface area contributed by atoms with E-state index in [9.17, 15) is 4.79 Å². The van der Waals surface area contributed by atoms with E-state index < -0.39 is 0 Å². The first-order valence-electron chi connectivity index (χ1n) is 9.02. The average molecular weight is 338 g/mol. The summed E-state index contributed by atoms with van der Waals surface area (Å²) in [5.74, 6) is 0.710. The van der Waals surface area contributed by atoms with Gasteiger partial charge in [0.2, 0.25) is 0 Å². The van der Waals surface area contributed by atoms with Gasteiger partial charge in [-0.15, -0.1) is 0 Å². The topological polar surface area (TPSA) is 41.1 Å².